The molecular weight excluding hydrogens is 448 g/mol. The van der Waals surface area contributed by atoms with E-state index in [9.17, 15) is 22.8 Å². The van der Waals surface area contributed by atoms with Crippen molar-refractivity contribution < 1.29 is 27.5 Å². The predicted molar refractivity (Wildman–Crippen MR) is 117 cm³/mol. The highest BCUT2D eigenvalue weighted by molar-refractivity contribution is 7.90. The third kappa shape index (κ3) is 3.55. The second-order valence-corrected chi connectivity index (χ2v) is 9.77. The van der Waals surface area contributed by atoms with Gasteiger partial charge in [-0.2, -0.15) is 5.10 Å². The minimum atomic E-state index is -3.37. The van der Waals surface area contributed by atoms with E-state index < -0.39 is 34.1 Å². The Kier molecular flexibility index (Phi) is 4.78. The second kappa shape index (κ2) is 7.55. The van der Waals surface area contributed by atoms with E-state index in [1.807, 2.05) is 0 Å². The Morgan fingerprint density at radius 2 is 1.67 bits per heavy atom. The molecule has 2 aliphatic heterocycles. The zero-order valence-corrected chi connectivity index (χ0v) is 18.3. The fourth-order valence-corrected chi connectivity index (χ4v) is 5.47. The van der Waals surface area contributed by atoms with E-state index in [1.54, 1.807) is 36.4 Å². The molecule has 3 heterocycles. The summed E-state index contributed by atoms with van der Waals surface area (Å²) in [6.07, 6.45) is 0. The van der Waals surface area contributed by atoms with Gasteiger partial charge in [0.05, 0.1) is 41.1 Å². The zero-order chi connectivity index (χ0) is 23.3. The van der Waals surface area contributed by atoms with E-state index in [4.69, 9.17) is 4.74 Å². The van der Waals surface area contributed by atoms with E-state index in [1.165, 1.54) is 23.9 Å². The lowest BCUT2D eigenvalue weighted by molar-refractivity contribution is -0.116. The van der Waals surface area contributed by atoms with Crippen LogP contribution in [0.5, 0.6) is 5.75 Å². The number of rotatable bonds is 5. The average Bonchev–Trinajstić information content (AvgIpc) is 3.36. The molecule has 5 rings (SSSR count). The molecule has 1 N–H and O–H groups in total. The molecule has 0 unspecified atom stereocenters. The number of anilines is 1. The number of aromatic nitrogens is 2. The average molecular weight is 466 g/mol. The van der Waals surface area contributed by atoms with Gasteiger partial charge in [-0.3, -0.25) is 19.3 Å². The molecule has 2 aliphatic rings. The van der Waals surface area contributed by atoms with Crippen LogP contribution in [0, 0.1) is 0 Å². The molecule has 1 aromatic heterocycles. The quantitative estimate of drug-likeness (QED) is 0.565. The summed E-state index contributed by atoms with van der Waals surface area (Å²) in [6.45, 7) is -0.512. The summed E-state index contributed by atoms with van der Waals surface area (Å²) in [7, 11) is -1.84. The number of imide groups is 1. The summed E-state index contributed by atoms with van der Waals surface area (Å²) in [4.78, 5) is 38.9. The summed E-state index contributed by atoms with van der Waals surface area (Å²) in [5, 5.41) is 7.06. The van der Waals surface area contributed by atoms with Gasteiger partial charge in [-0.05, 0) is 36.4 Å². The molecule has 3 aromatic rings. The number of hydrogen-bond acceptors (Lipinski definition) is 7. The molecule has 0 atom stereocenters. The van der Waals surface area contributed by atoms with Crippen molar-refractivity contribution in [3.63, 3.8) is 0 Å². The summed E-state index contributed by atoms with van der Waals surface area (Å²) in [5.74, 6) is -1.43. The molecule has 168 valence electrons. The van der Waals surface area contributed by atoms with Crippen molar-refractivity contribution in [3.05, 3.63) is 70.9 Å². The van der Waals surface area contributed by atoms with Gasteiger partial charge in [0.15, 0.2) is 9.84 Å². The number of carbonyl (C=O) groups is 3. The van der Waals surface area contributed by atoms with Crippen molar-refractivity contribution in [1.82, 2.24) is 14.7 Å². The van der Waals surface area contributed by atoms with Crippen LogP contribution in [-0.4, -0.2) is 54.5 Å². The highest BCUT2D eigenvalue weighted by Gasteiger charge is 2.37. The third-order valence-electron chi connectivity index (χ3n) is 5.54. The van der Waals surface area contributed by atoms with Gasteiger partial charge < -0.3 is 10.1 Å². The number of carbonyl (C=O) groups excluding carboxylic acids is 3. The Morgan fingerprint density at radius 1 is 1.03 bits per heavy atom. The smallest absolute Gasteiger partial charge is 0.262 e. The maximum absolute atomic E-state index is 12.9. The molecular formula is C22H18N4O6S. The minimum Gasteiger partial charge on any atom is -0.497 e. The maximum atomic E-state index is 12.9. The van der Waals surface area contributed by atoms with Gasteiger partial charge in [-0.1, -0.05) is 12.1 Å². The van der Waals surface area contributed by atoms with Crippen LogP contribution in [0.4, 0.5) is 5.82 Å². The van der Waals surface area contributed by atoms with Crippen molar-refractivity contribution in [1.29, 1.82) is 0 Å². The number of amides is 3. The monoisotopic (exact) mass is 466 g/mol. The largest absolute Gasteiger partial charge is 0.497 e. The number of fused-ring (bicyclic) bond motifs is 2. The molecule has 0 saturated carbocycles. The Balaban J connectivity index is 1.45. The van der Waals surface area contributed by atoms with Crippen LogP contribution in [0.25, 0.3) is 5.69 Å². The van der Waals surface area contributed by atoms with E-state index in [0.29, 0.717) is 22.7 Å². The van der Waals surface area contributed by atoms with Crippen LogP contribution >= 0.6 is 0 Å². The fraction of sp³-hybridized carbons (Fsp3) is 0.182. The Morgan fingerprint density at radius 3 is 2.27 bits per heavy atom. The first-order valence-electron chi connectivity index (χ1n) is 9.98. The molecule has 0 saturated heterocycles. The van der Waals surface area contributed by atoms with Crippen LogP contribution in [0.1, 0.15) is 32.0 Å². The lowest BCUT2D eigenvalue weighted by Crippen LogP contribution is -2.37. The molecule has 0 fully saturated rings. The number of sulfone groups is 1. The van der Waals surface area contributed by atoms with Crippen molar-refractivity contribution >= 4 is 33.4 Å². The van der Waals surface area contributed by atoms with Crippen molar-refractivity contribution in [2.24, 2.45) is 0 Å². The normalized spacial score (nSPS) is 16.0. The van der Waals surface area contributed by atoms with E-state index in [-0.39, 0.29) is 28.5 Å². The lowest BCUT2D eigenvalue weighted by atomic mass is 10.1. The van der Waals surface area contributed by atoms with Gasteiger partial charge in [0.1, 0.15) is 18.1 Å². The maximum Gasteiger partial charge on any atom is 0.262 e. The van der Waals surface area contributed by atoms with E-state index in [0.717, 1.165) is 4.90 Å². The highest BCUT2D eigenvalue weighted by atomic mass is 32.2. The molecule has 3 amide bonds. The lowest BCUT2D eigenvalue weighted by Gasteiger charge is -2.15. The zero-order valence-electron chi connectivity index (χ0n) is 17.4. The number of benzene rings is 2. The predicted octanol–water partition coefficient (Wildman–Crippen LogP) is 1.54. The first kappa shape index (κ1) is 20.9. The summed E-state index contributed by atoms with van der Waals surface area (Å²) in [5.41, 5.74) is 1.80. The molecule has 0 aliphatic carbocycles. The van der Waals surface area contributed by atoms with Crippen LogP contribution in [0.3, 0.4) is 0 Å². The SMILES string of the molecule is COc1ccc(-n2nc3c(c2NC(=O)CN2C(=O)c4ccccc4C2=O)CS(=O)(=O)C3)cc1. The van der Waals surface area contributed by atoms with Crippen LogP contribution in [-0.2, 0) is 26.1 Å². The van der Waals surface area contributed by atoms with Gasteiger partial charge in [0.25, 0.3) is 11.8 Å². The van der Waals surface area contributed by atoms with Gasteiger partial charge >= 0.3 is 0 Å². The Labute approximate surface area is 188 Å². The molecule has 10 nitrogen and oxygen atoms in total. The molecule has 0 bridgehead atoms. The number of nitrogens with zero attached hydrogens (tertiary/aromatic N) is 3. The number of hydrogen-bond donors (Lipinski definition) is 1. The second-order valence-electron chi connectivity index (χ2n) is 7.71. The first-order valence-corrected chi connectivity index (χ1v) is 11.8. The molecule has 2 aromatic carbocycles. The summed E-state index contributed by atoms with van der Waals surface area (Å²) in [6, 6.07) is 13.2. The molecule has 11 heteroatoms. The van der Waals surface area contributed by atoms with Crippen molar-refractivity contribution in [2.75, 3.05) is 19.0 Å². The van der Waals surface area contributed by atoms with Crippen molar-refractivity contribution in [2.45, 2.75) is 11.5 Å². The number of methoxy groups -OCH3 is 1. The van der Waals surface area contributed by atoms with Gasteiger partial charge in [0.2, 0.25) is 5.91 Å². The molecule has 0 radical (unpaired) electrons. The van der Waals surface area contributed by atoms with Gasteiger partial charge in [-0.25, -0.2) is 13.1 Å². The fourth-order valence-electron chi connectivity index (χ4n) is 3.98. The standard InChI is InChI=1S/C22H18N4O6S/c1-32-14-8-6-13(7-9-14)26-20(17-11-33(30,31)12-18(17)24-26)23-19(27)10-25-21(28)15-4-2-3-5-16(15)22(25)29/h2-9H,10-12H2,1H3,(H,23,27). The summed E-state index contributed by atoms with van der Waals surface area (Å²) < 4.78 is 30.9. The third-order valence-corrected chi connectivity index (χ3v) is 6.98. The Hall–Kier alpha value is -3.99. The minimum absolute atomic E-state index is 0.192. The van der Waals surface area contributed by atoms with Gasteiger partial charge in [-0.15, -0.1) is 0 Å². The molecule has 33 heavy (non-hydrogen) atoms. The van der Waals surface area contributed by atoms with Gasteiger partial charge in [0, 0.05) is 5.56 Å². The molecule has 0 spiro atoms. The first-order chi connectivity index (χ1) is 15.8. The van der Waals surface area contributed by atoms with E-state index in [2.05, 4.69) is 10.4 Å². The van der Waals surface area contributed by atoms with Crippen LogP contribution in [0.2, 0.25) is 0 Å². The van der Waals surface area contributed by atoms with E-state index >= 15 is 0 Å². The van der Waals surface area contributed by atoms with Crippen molar-refractivity contribution in [3.8, 4) is 11.4 Å². The topological polar surface area (TPSA) is 128 Å². The number of ether oxygens (including phenoxy) is 1. The van der Waals surface area contributed by atoms with Crippen LogP contribution in [0.15, 0.2) is 48.5 Å². The Bertz CT molecular complexity index is 1390. The van der Waals surface area contributed by atoms with Crippen LogP contribution < -0.4 is 10.1 Å². The highest BCUT2D eigenvalue weighted by Crippen LogP contribution is 2.33. The summed E-state index contributed by atoms with van der Waals surface area (Å²) >= 11 is 0. The number of nitrogens with one attached hydrogen (secondary N) is 1.